The highest BCUT2D eigenvalue weighted by Crippen LogP contribution is 2.42. The van der Waals surface area contributed by atoms with E-state index in [1.54, 1.807) is 17.0 Å². The number of carbonyl (C=O) groups excluding carboxylic acids is 2. The molecule has 2 aliphatic heterocycles. The van der Waals surface area contributed by atoms with Gasteiger partial charge in [0.25, 0.3) is 0 Å². The van der Waals surface area contributed by atoms with Crippen molar-refractivity contribution in [2.75, 3.05) is 26.2 Å². The molecule has 3 aromatic rings. The Bertz CT molecular complexity index is 1600. The number of hydrogen-bond acceptors (Lipinski definition) is 5. The van der Waals surface area contributed by atoms with Crippen LogP contribution in [0.3, 0.4) is 0 Å². The molecule has 0 radical (unpaired) electrons. The summed E-state index contributed by atoms with van der Waals surface area (Å²) in [5, 5.41) is 0.988. The van der Waals surface area contributed by atoms with Crippen molar-refractivity contribution < 1.29 is 22.7 Å². The number of aryl methyl sites for hydroxylation is 1. The van der Waals surface area contributed by atoms with Crippen LogP contribution in [-0.4, -0.2) is 72.6 Å². The fourth-order valence-corrected chi connectivity index (χ4v) is 8.03. The third-order valence-corrected chi connectivity index (χ3v) is 10.4. The van der Waals surface area contributed by atoms with Gasteiger partial charge in [-0.3, -0.25) is 4.79 Å². The van der Waals surface area contributed by atoms with Gasteiger partial charge in [-0.15, -0.1) is 0 Å². The van der Waals surface area contributed by atoms with Crippen LogP contribution in [-0.2, 0) is 26.6 Å². The van der Waals surface area contributed by atoms with Crippen molar-refractivity contribution in [2.45, 2.75) is 63.0 Å². The van der Waals surface area contributed by atoms with Crippen LogP contribution >= 0.6 is 0 Å². The average Bonchev–Trinajstić information content (AvgIpc) is 3.22. The molecule has 9 nitrogen and oxygen atoms in total. The van der Waals surface area contributed by atoms with Gasteiger partial charge in [0.1, 0.15) is 5.60 Å². The number of likely N-dealkylation sites (tertiary alicyclic amines) is 2. The van der Waals surface area contributed by atoms with E-state index in [0.29, 0.717) is 51.9 Å². The van der Waals surface area contributed by atoms with Gasteiger partial charge in [0.15, 0.2) is 0 Å². The maximum atomic E-state index is 13.3. The van der Waals surface area contributed by atoms with Gasteiger partial charge in [-0.2, -0.15) is 0 Å². The van der Waals surface area contributed by atoms with Crippen LogP contribution in [0.4, 0.5) is 4.79 Å². The van der Waals surface area contributed by atoms with E-state index in [9.17, 15) is 18.0 Å². The first-order valence-electron chi connectivity index (χ1n) is 14.8. The highest BCUT2D eigenvalue weighted by Gasteiger charge is 2.55. The second-order valence-electron chi connectivity index (χ2n) is 13.4. The highest BCUT2D eigenvalue weighted by molar-refractivity contribution is 7.89. The maximum absolute atomic E-state index is 13.3. The van der Waals surface area contributed by atoms with Crippen molar-refractivity contribution in [3.8, 4) is 11.3 Å². The molecule has 0 bridgehead atoms. The second kappa shape index (κ2) is 10.4. The molecule has 1 aliphatic carbocycles. The van der Waals surface area contributed by atoms with Gasteiger partial charge in [-0.1, -0.05) is 36.4 Å². The Balaban J connectivity index is 1.01. The number of nitrogens with zero attached hydrogens (tertiary/aromatic N) is 3. The molecule has 224 valence electrons. The van der Waals surface area contributed by atoms with E-state index in [2.05, 4.69) is 10.8 Å². The summed E-state index contributed by atoms with van der Waals surface area (Å²) in [6.07, 6.45) is 2.30. The molecule has 42 heavy (non-hydrogen) atoms. The smallest absolute Gasteiger partial charge is 0.410 e. The van der Waals surface area contributed by atoms with E-state index in [1.165, 1.54) is 0 Å². The Hall–Kier alpha value is -3.37. The first kappa shape index (κ1) is 28.7. The lowest BCUT2D eigenvalue weighted by Gasteiger charge is -2.60. The minimum Gasteiger partial charge on any atom is -0.444 e. The van der Waals surface area contributed by atoms with Crippen molar-refractivity contribution in [3.63, 3.8) is 0 Å². The Morgan fingerprint density at radius 1 is 0.905 bits per heavy atom. The number of hydrogen-bond donors (Lipinski definition) is 1. The van der Waals surface area contributed by atoms with Gasteiger partial charge < -0.3 is 19.1 Å². The number of ether oxygens (including phenoxy) is 1. The zero-order valence-corrected chi connectivity index (χ0v) is 25.6. The van der Waals surface area contributed by atoms with E-state index < -0.39 is 15.6 Å². The summed E-state index contributed by atoms with van der Waals surface area (Å²) in [5.74, 6) is 0.0716. The van der Waals surface area contributed by atoms with Crippen LogP contribution in [0.1, 0.15) is 46.5 Å². The molecule has 0 unspecified atom stereocenters. The lowest BCUT2D eigenvalue weighted by atomic mass is 9.72. The zero-order chi connectivity index (χ0) is 29.9. The number of sulfonamides is 1. The third kappa shape index (κ3) is 5.54. The van der Waals surface area contributed by atoms with Crippen LogP contribution in [0.25, 0.3) is 22.2 Å². The predicted octanol–water partition coefficient (Wildman–Crippen LogP) is 4.76. The largest absolute Gasteiger partial charge is 0.444 e. The fourth-order valence-electron chi connectivity index (χ4n) is 6.71. The Labute approximate surface area is 247 Å². The molecule has 0 atom stereocenters. The van der Waals surface area contributed by atoms with Gasteiger partial charge in [0, 0.05) is 67.2 Å². The van der Waals surface area contributed by atoms with Crippen LogP contribution in [0.2, 0.25) is 0 Å². The van der Waals surface area contributed by atoms with E-state index in [4.69, 9.17) is 4.74 Å². The molecule has 3 heterocycles. The molecule has 3 aliphatic rings. The molecule has 1 spiro atoms. The van der Waals surface area contributed by atoms with Crippen molar-refractivity contribution >= 4 is 32.9 Å². The lowest BCUT2D eigenvalue weighted by Crippen LogP contribution is -2.74. The van der Waals surface area contributed by atoms with Crippen LogP contribution in [0.15, 0.2) is 59.5 Å². The molecule has 2 aromatic carbocycles. The minimum absolute atomic E-state index is 0.000704. The summed E-state index contributed by atoms with van der Waals surface area (Å²) in [5.41, 5.74) is 2.45. The maximum Gasteiger partial charge on any atom is 0.410 e. The number of benzene rings is 2. The molecule has 1 saturated carbocycles. The molecule has 1 aromatic heterocycles. The zero-order valence-electron chi connectivity index (χ0n) is 24.8. The lowest BCUT2D eigenvalue weighted by molar-refractivity contribution is -0.162. The van der Waals surface area contributed by atoms with Crippen LogP contribution < -0.4 is 4.72 Å². The third-order valence-electron chi connectivity index (χ3n) is 8.86. The van der Waals surface area contributed by atoms with Crippen molar-refractivity contribution in [1.29, 1.82) is 0 Å². The van der Waals surface area contributed by atoms with Crippen molar-refractivity contribution in [2.24, 2.45) is 18.4 Å². The normalized spacial score (nSPS) is 22.1. The Morgan fingerprint density at radius 3 is 2.19 bits per heavy atom. The summed E-state index contributed by atoms with van der Waals surface area (Å²) < 4.78 is 37.1. The van der Waals surface area contributed by atoms with E-state index in [-0.39, 0.29) is 34.3 Å². The van der Waals surface area contributed by atoms with E-state index >= 15 is 0 Å². The van der Waals surface area contributed by atoms with Gasteiger partial charge in [-0.25, -0.2) is 17.9 Å². The first-order chi connectivity index (χ1) is 19.8. The molecular formula is C32H40N4O5S. The molecular weight excluding hydrogens is 552 g/mol. The van der Waals surface area contributed by atoms with E-state index in [0.717, 1.165) is 22.2 Å². The fraction of sp³-hybridized carbons (Fsp3) is 0.500. The number of carbonyl (C=O) groups is 2. The molecule has 10 heteroatoms. The monoisotopic (exact) mass is 592 g/mol. The quantitative estimate of drug-likeness (QED) is 0.461. The number of aromatic nitrogens is 1. The van der Waals surface area contributed by atoms with Gasteiger partial charge in [0.05, 0.1) is 4.90 Å². The van der Waals surface area contributed by atoms with Gasteiger partial charge in [0.2, 0.25) is 15.9 Å². The van der Waals surface area contributed by atoms with Crippen molar-refractivity contribution in [3.05, 3.63) is 54.6 Å². The Morgan fingerprint density at radius 2 is 1.55 bits per heavy atom. The van der Waals surface area contributed by atoms with Crippen molar-refractivity contribution in [1.82, 2.24) is 19.1 Å². The highest BCUT2D eigenvalue weighted by atomic mass is 32.2. The second-order valence-corrected chi connectivity index (χ2v) is 15.1. The summed E-state index contributed by atoms with van der Waals surface area (Å²) in [7, 11) is -1.75. The molecule has 2 saturated heterocycles. The molecule has 3 fully saturated rings. The number of fused-ring (bicyclic) bond motifs is 1. The summed E-state index contributed by atoms with van der Waals surface area (Å²) in [6.45, 7) is 8.17. The summed E-state index contributed by atoms with van der Waals surface area (Å²) in [4.78, 5) is 29.3. The summed E-state index contributed by atoms with van der Waals surface area (Å²) >= 11 is 0. The van der Waals surface area contributed by atoms with Gasteiger partial charge in [-0.05, 0) is 70.2 Å². The predicted molar refractivity (Wildman–Crippen MR) is 161 cm³/mol. The van der Waals surface area contributed by atoms with Crippen LogP contribution in [0, 0.1) is 11.3 Å². The average molecular weight is 593 g/mol. The topological polar surface area (TPSA) is 101 Å². The van der Waals surface area contributed by atoms with E-state index in [1.807, 2.05) is 73.7 Å². The number of nitrogens with one attached hydrogen (secondary N) is 1. The molecule has 2 amide bonds. The van der Waals surface area contributed by atoms with Crippen LogP contribution in [0.5, 0.6) is 0 Å². The number of rotatable bonds is 5. The minimum atomic E-state index is -3.71. The Kier molecular flexibility index (Phi) is 7.13. The first-order valence-corrected chi connectivity index (χ1v) is 16.2. The molecule has 6 rings (SSSR count). The standard InChI is InChI=1S/C32H40N4O5S/c1-31(2,3)41-30(38)36-20-32(21-36)18-35(19-32)29(37)23-10-13-25(14-11-23)33-42(39,40)26-15-12-24-16-27(34(4)28(24)17-26)22-8-6-5-7-9-22/h5-9,12,15-17,23,25,33H,10-11,13-14,18-21H2,1-4H3/t23-,25-. The molecule has 1 N–H and O–H groups in total. The SMILES string of the molecule is Cn1c(-c2ccccc2)cc2ccc(S(=O)(=O)N[C@H]3CC[C@H](C(=O)N4CC5(CN(C(=O)OC(C)(C)C)C5)C4)CC3)cc21. The summed E-state index contributed by atoms with van der Waals surface area (Å²) in [6, 6.07) is 17.2. The van der Waals surface area contributed by atoms with Gasteiger partial charge >= 0.3 is 6.09 Å². The number of amides is 2.